The van der Waals surface area contributed by atoms with E-state index in [2.05, 4.69) is 5.32 Å². The molecule has 1 aromatic carbocycles. The van der Waals surface area contributed by atoms with E-state index in [1.165, 1.54) is 0 Å². The summed E-state index contributed by atoms with van der Waals surface area (Å²) in [5, 5.41) is 3.66. The Hall–Kier alpha value is -2.70. The Morgan fingerprint density at radius 1 is 1.20 bits per heavy atom. The first-order chi connectivity index (χ1) is 12.0. The number of piperazine rings is 1. The molecule has 0 bridgehead atoms. The first-order valence-electron chi connectivity index (χ1n) is 8.44. The lowest BCUT2D eigenvalue weighted by atomic mass is 10.1. The number of furan rings is 1. The number of amides is 3. The van der Waals surface area contributed by atoms with E-state index in [4.69, 9.17) is 9.15 Å². The number of hydrogen-bond donors (Lipinski definition) is 1. The molecule has 134 valence electrons. The second-order valence-corrected chi connectivity index (χ2v) is 6.03. The Morgan fingerprint density at radius 3 is 2.52 bits per heavy atom. The van der Waals surface area contributed by atoms with Crippen molar-refractivity contribution < 1.29 is 18.7 Å². The predicted molar refractivity (Wildman–Crippen MR) is 94.1 cm³/mol. The van der Waals surface area contributed by atoms with Gasteiger partial charge in [-0.3, -0.25) is 4.79 Å². The molecule has 7 nitrogen and oxygen atoms in total. The highest BCUT2D eigenvalue weighted by Gasteiger charge is 2.28. The quantitative estimate of drug-likeness (QED) is 0.926. The van der Waals surface area contributed by atoms with E-state index < -0.39 is 0 Å². The zero-order chi connectivity index (χ0) is 18.0. The first kappa shape index (κ1) is 17.1. The SMILES string of the molecule is CCNC(=O)N1CCN(C(=O)c2oc3ccc(OC)cc3c2C)CC1. The molecule has 25 heavy (non-hydrogen) atoms. The van der Waals surface area contributed by atoms with Crippen molar-refractivity contribution in [1.29, 1.82) is 0 Å². The van der Waals surface area contributed by atoms with E-state index >= 15 is 0 Å². The molecule has 0 radical (unpaired) electrons. The van der Waals surface area contributed by atoms with Crippen LogP contribution in [0.1, 0.15) is 23.0 Å². The van der Waals surface area contributed by atoms with Crippen LogP contribution in [0.15, 0.2) is 22.6 Å². The molecule has 1 aliphatic rings. The van der Waals surface area contributed by atoms with Crippen LogP contribution in [-0.2, 0) is 0 Å². The van der Waals surface area contributed by atoms with Crippen LogP contribution in [0.2, 0.25) is 0 Å². The van der Waals surface area contributed by atoms with Gasteiger partial charge in [0.05, 0.1) is 7.11 Å². The maximum Gasteiger partial charge on any atom is 0.317 e. The Labute approximate surface area is 146 Å². The predicted octanol–water partition coefficient (Wildman–Crippen LogP) is 2.24. The van der Waals surface area contributed by atoms with Gasteiger partial charge in [-0.15, -0.1) is 0 Å². The largest absolute Gasteiger partial charge is 0.497 e. The Bertz CT molecular complexity index is 791. The fourth-order valence-electron chi connectivity index (χ4n) is 3.05. The minimum absolute atomic E-state index is 0.0818. The molecule has 7 heteroatoms. The summed E-state index contributed by atoms with van der Waals surface area (Å²) in [4.78, 5) is 28.1. The molecule has 1 aliphatic heterocycles. The number of methoxy groups -OCH3 is 1. The topological polar surface area (TPSA) is 75.0 Å². The van der Waals surface area contributed by atoms with Crippen molar-refractivity contribution in [3.05, 3.63) is 29.5 Å². The number of nitrogens with zero attached hydrogens (tertiary/aromatic N) is 2. The summed E-state index contributed by atoms with van der Waals surface area (Å²) in [6, 6.07) is 5.41. The standard InChI is InChI=1S/C18H23N3O4/c1-4-19-18(23)21-9-7-20(8-10-21)17(22)16-12(2)14-11-13(24-3)5-6-15(14)25-16/h5-6,11H,4,7-10H2,1-3H3,(H,19,23). The fraction of sp³-hybridized carbons (Fsp3) is 0.444. The van der Waals surface area contributed by atoms with Crippen LogP contribution >= 0.6 is 0 Å². The molecule has 1 aromatic heterocycles. The summed E-state index contributed by atoms with van der Waals surface area (Å²) in [6.45, 7) is 6.39. The maximum atomic E-state index is 12.8. The van der Waals surface area contributed by atoms with Gasteiger partial charge >= 0.3 is 6.03 Å². The number of urea groups is 1. The Balaban J connectivity index is 1.75. The highest BCUT2D eigenvalue weighted by Crippen LogP contribution is 2.29. The van der Waals surface area contributed by atoms with Gasteiger partial charge in [0.2, 0.25) is 0 Å². The monoisotopic (exact) mass is 345 g/mol. The number of benzene rings is 1. The summed E-state index contributed by atoms with van der Waals surface area (Å²) >= 11 is 0. The molecule has 1 fully saturated rings. The molecule has 2 heterocycles. The molecule has 0 spiro atoms. The average molecular weight is 345 g/mol. The summed E-state index contributed by atoms with van der Waals surface area (Å²) < 4.78 is 11.0. The molecule has 0 unspecified atom stereocenters. The van der Waals surface area contributed by atoms with E-state index in [9.17, 15) is 9.59 Å². The van der Waals surface area contributed by atoms with Gasteiger partial charge in [0.1, 0.15) is 11.3 Å². The van der Waals surface area contributed by atoms with Gasteiger partial charge in [0.15, 0.2) is 5.76 Å². The third kappa shape index (κ3) is 3.26. The van der Waals surface area contributed by atoms with Gasteiger partial charge in [0.25, 0.3) is 5.91 Å². The molecule has 2 aromatic rings. The molecule has 3 rings (SSSR count). The second kappa shape index (κ2) is 7.04. The number of ether oxygens (including phenoxy) is 1. The zero-order valence-corrected chi connectivity index (χ0v) is 14.8. The molecule has 0 aliphatic carbocycles. The molecule has 3 amide bonds. The maximum absolute atomic E-state index is 12.8. The molecular formula is C18H23N3O4. The van der Waals surface area contributed by atoms with Crippen molar-refractivity contribution in [3.63, 3.8) is 0 Å². The summed E-state index contributed by atoms with van der Waals surface area (Å²) in [5.41, 5.74) is 1.48. The van der Waals surface area contributed by atoms with Gasteiger partial charge in [-0.25, -0.2) is 4.79 Å². The summed E-state index contributed by atoms with van der Waals surface area (Å²) in [7, 11) is 1.61. The van der Waals surface area contributed by atoms with Gasteiger partial charge in [-0.05, 0) is 32.0 Å². The van der Waals surface area contributed by atoms with E-state index in [0.29, 0.717) is 44.1 Å². The van der Waals surface area contributed by atoms with Crippen molar-refractivity contribution in [2.45, 2.75) is 13.8 Å². The number of nitrogens with one attached hydrogen (secondary N) is 1. The molecular weight excluding hydrogens is 322 g/mol. The normalized spacial score (nSPS) is 14.7. The first-order valence-corrected chi connectivity index (χ1v) is 8.44. The number of aryl methyl sites for hydroxylation is 1. The highest BCUT2D eigenvalue weighted by molar-refractivity contribution is 5.99. The average Bonchev–Trinajstić information content (AvgIpc) is 2.97. The van der Waals surface area contributed by atoms with E-state index in [-0.39, 0.29) is 11.9 Å². The van der Waals surface area contributed by atoms with Crippen molar-refractivity contribution in [1.82, 2.24) is 15.1 Å². The number of fused-ring (bicyclic) bond motifs is 1. The van der Waals surface area contributed by atoms with Gasteiger partial charge in [0, 0.05) is 43.7 Å². The number of hydrogen-bond acceptors (Lipinski definition) is 4. The minimum Gasteiger partial charge on any atom is -0.497 e. The highest BCUT2D eigenvalue weighted by atomic mass is 16.5. The number of carbonyl (C=O) groups is 2. The van der Waals surface area contributed by atoms with Crippen LogP contribution in [-0.4, -0.2) is 61.6 Å². The lowest BCUT2D eigenvalue weighted by molar-refractivity contribution is 0.0635. The third-order valence-electron chi connectivity index (χ3n) is 4.52. The van der Waals surface area contributed by atoms with E-state index in [0.717, 1.165) is 16.7 Å². The van der Waals surface area contributed by atoms with E-state index in [1.807, 2.05) is 32.0 Å². The van der Waals surface area contributed by atoms with Crippen molar-refractivity contribution in [3.8, 4) is 5.75 Å². The van der Waals surface area contributed by atoms with Gasteiger partial charge in [-0.2, -0.15) is 0 Å². The minimum atomic E-state index is -0.136. The van der Waals surface area contributed by atoms with Gasteiger partial charge < -0.3 is 24.3 Å². The van der Waals surface area contributed by atoms with Crippen LogP contribution in [0, 0.1) is 6.92 Å². The summed E-state index contributed by atoms with van der Waals surface area (Å²) in [5.74, 6) is 0.948. The molecule has 0 atom stereocenters. The molecule has 0 saturated carbocycles. The molecule has 1 N–H and O–H groups in total. The van der Waals surface area contributed by atoms with Crippen molar-refractivity contribution in [2.24, 2.45) is 0 Å². The van der Waals surface area contributed by atoms with Crippen LogP contribution in [0.25, 0.3) is 11.0 Å². The smallest absolute Gasteiger partial charge is 0.317 e. The second-order valence-electron chi connectivity index (χ2n) is 6.03. The van der Waals surface area contributed by atoms with Gasteiger partial charge in [-0.1, -0.05) is 0 Å². The van der Waals surface area contributed by atoms with E-state index in [1.54, 1.807) is 16.9 Å². The molecule has 1 saturated heterocycles. The lowest BCUT2D eigenvalue weighted by Gasteiger charge is -2.34. The number of carbonyl (C=O) groups excluding carboxylic acids is 2. The zero-order valence-electron chi connectivity index (χ0n) is 14.8. The van der Waals surface area contributed by atoms with Crippen LogP contribution in [0.4, 0.5) is 4.79 Å². The van der Waals surface area contributed by atoms with Crippen molar-refractivity contribution >= 4 is 22.9 Å². The summed E-state index contributed by atoms with van der Waals surface area (Å²) in [6.07, 6.45) is 0. The van der Waals surface area contributed by atoms with Crippen LogP contribution < -0.4 is 10.1 Å². The Kier molecular flexibility index (Phi) is 4.83. The number of rotatable bonds is 3. The fourth-order valence-corrected chi connectivity index (χ4v) is 3.05. The van der Waals surface area contributed by atoms with Crippen molar-refractivity contribution in [2.75, 3.05) is 39.8 Å². The van der Waals surface area contributed by atoms with Crippen LogP contribution in [0.3, 0.4) is 0 Å². The Morgan fingerprint density at radius 2 is 1.88 bits per heavy atom. The lowest BCUT2D eigenvalue weighted by Crippen LogP contribution is -2.53. The van der Waals surface area contributed by atoms with Crippen LogP contribution in [0.5, 0.6) is 5.75 Å². The third-order valence-corrected chi connectivity index (χ3v) is 4.52.